The van der Waals surface area contributed by atoms with Crippen molar-refractivity contribution in [3.05, 3.63) is 71.4 Å². The van der Waals surface area contributed by atoms with Crippen LogP contribution in [-0.2, 0) is 9.47 Å². The summed E-state index contributed by atoms with van der Waals surface area (Å²) in [6, 6.07) is 13.7. The van der Waals surface area contributed by atoms with Crippen LogP contribution in [0.25, 0.3) is 0 Å². The van der Waals surface area contributed by atoms with Gasteiger partial charge in [-0.15, -0.1) is 5.10 Å². The predicted molar refractivity (Wildman–Crippen MR) is 118 cm³/mol. The molecule has 4 heterocycles. The van der Waals surface area contributed by atoms with Crippen LogP contribution in [0.15, 0.2) is 70.3 Å². The van der Waals surface area contributed by atoms with E-state index >= 15 is 0 Å². The fourth-order valence-electron chi connectivity index (χ4n) is 3.61. The number of amidine groups is 1. The van der Waals surface area contributed by atoms with E-state index < -0.39 is 0 Å². The highest BCUT2D eigenvalue weighted by atomic mass is 16.5. The Hall–Kier alpha value is -3.72. The van der Waals surface area contributed by atoms with Gasteiger partial charge in [-0.1, -0.05) is 18.2 Å². The van der Waals surface area contributed by atoms with E-state index in [4.69, 9.17) is 19.9 Å². The molecular weight excluding hydrogens is 394 g/mol. The van der Waals surface area contributed by atoms with Crippen molar-refractivity contribution in [3.63, 3.8) is 0 Å². The third-order valence-corrected chi connectivity index (χ3v) is 5.35. The van der Waals surface area contributed by atoms with E-state index in [0.29, 0.717) is 24.0 Å². The van der Waals surface area contributed by atoms with Crippen molar-refractivity contribution in [3.8, 4) is 0 Å². The topological polar surface area (TPSA) is 98.4 Å². The minimum atomic E-state index is 0.272. The average Bonchev–Trinajstić information content (AvgIpc) is 3.32. The van der Waals surface area contributed by atoms with E-state index in [2.05, 4.69) is 20.4 Å². The van der Waals surface area contributed by atoms with Gasteiger partial charge in [0.2, 0.25) is 11.8 Å². The summed E-state index contributed by atoms with van der Waals surface area (Å²) in [6.07, 6.45) is 1.84. The second kappa shape index (κ2) is 8.19. The van der Waals surface area contributed by atoms with Crippen LogP contribution in [0.4, 0.5) is 5.82 Å². The standard InChI is InChI=1S/C22H23N7O2/c1-28-14-17(16-7-8-18(24-13-16)29-9-11-30-12-10-29)25-19(20(28)23)22-27-26-21(31-22)15-5-3-2-4-6-15/h2-8,13,23,27H,9-12,14H2,1H3. The molecule has 0 atom stereocenters. The number of benzene rings is 1. The number of likely N-dealkylation sites (N-methyl/N-ethyl adjacent to an activating group) is 1. The number of nitrogens with one attached hydrogen (secondary N) is 2. The molecule has 0 radical (unpaired) electrons. The largest absolute Gasteiger partial charge is 0.417 e. The lowest BCUT2D eigenvalue weighted by molar-refractivity contribution is 0.122. The number of hydrogen-bond donors (Lipinski definition) is 2. The summed E-state index contributed by atoms with van der Waals surface area (Å²) in [6.45, 7) is 3.65. The third-order valence-electron chi connectivity index (χ3n) is 5.35. The summed E-state index contributed by atoms with van der Waals surface area (Å²) in [4.78, 5) is 13.4. The number of aliphatic imine (C=N–C) groups is 1. The van der Waals surface area contributed by atoms with Gasteiger partial charge >= 0.3 is 0 Å². The quantitative estimate of drug-likeness (QED) is 0.790. The number of hydrogen-bond acceptors (Lipinski definition) is 8. The van der Waals surface area contributed by atoms with Crippen LogP contribution in [0.5, 0.6) is 0 Å². The molecule has 2 N–H and O–H groups in total. The van der Waals surface area contributed by atoms with Gasteiger partial charge in [0.1, 0.15) is 5.82 Å². The molecule has 31 heavy (non-hydrogen) atoms. The number of rotatable bonds is 3. The summed E-state index contributed by atoms with van der Waals surface area (Å²) in [5, 5.41) is 12.7. The molecule has 3 aliphatic rings. The zero-order valence-corrected chi connectivity index (χ0v) is 17.2. The van der Waals surface area contributed by atoms with Crippen LogP contribution in [0.1, 0.15) is 11.1 Å². The molecule has 1 fully saturated rings. The molecule has 1 aromatic carbocycles. The van der Waals surface area contributed by atoms with Crippen LogP contribution in [0, 0.1) is 5.41 Å². The molecule has 0 saturated carbocycles. The van der Waals surface area contributed by atoms with Gasteiger partial charge in [0.25, 0.3) is 0 Å². The molecule has 0 aliphatic carbocycles. The zero-order valence-electron chi connectivity index (χ0n) is 17.2. The molecule has 0 bridgehead atoms. The van der Waals surface area contributed by atoms with E-state index in [1.807, 2.05) is 60.6 Å². The monoisotopic (exact) mass is 417 g/mol. The number of anilines is 1. The number of morpholine rings is 1. The van der Waals surface area contributed by atoms with E-state index in [0.717, 1.165) is 49.0 Å². The Bertz CT molecular complexity index is 1070. The molecule has 1 saturated heterocycles. The maximum atomic E-state index is 8.46. The second-order valence-electron chi connectivity index (χ2n) is 7.44. The van der Waals surface area contributed by atoms with E-state index in [9.17, 15) is 0 Å². The van der Waals surface area contributed by atoms with Gasteiger partial charge in [0, 0.05) is 37.5 Å². The number of ether oxygens (including phenoxy) is 2. The molecular formula is C22H23N7O2. The normalized spacial score (nSPS) is 21.4. The van der Waals surface area contributed by atoms with Gasteiger partial charge < -0.3 is 19.3 Å². The molecule has 9 nitrogen and oxygen atoms in total. The van der Waals surface area contributed by atoms with Gasteiger partial charge in [0.15, 0.2) is 11.5 Å². The van der Waals surface area contributed by atoms with Crippen molar-refractivity contribution < 1.29 is 9.47 Å². The van der Waals surface area contributed by atoms with E-state index in [-0.39, 0.29) is 5.84 Å². The molecule has 0 spiro atoms. The number of pyridine rings is 1. The number of nitrogens with zero attached hydrogens (tertiary/aromatic N) is 5. The van der Waals surface area contributed by atoms with Crippen molar-refractivity contribution in [1.29, 1.82) is 5.41 Å². The van der Waals surface area contributed by atoms with E-state index in [1.165, 1.54) is 0 Å². The van der Waals surface area contributed by atoms with Gasteiger partial charge in [-0.25, -0.2) is 15.4 Å². The Morgan fingerprint density at radius 3 is 2.58 bits per heavy atom. The minimum Gasteiger partial charge on any atom is -0.417 e. The second-order valence-corrected chi connectivity index (χ2v) is 7.44. The first-order chi connectivity index (χ1) is 15.2. The van der Waals surface area contributed by atoms with Crippen molar-refractivity contribution >= 4 is 23.3 Å². The van der Waals surface area contributed by atoms with Crippen molar-refractivity contribution in [2.45, 2.75) is 0 Å². The Labute approximate surface area is 180 Å². The molecule has 5 rings (SSSR count). The third kappa shape index (κ3) is 3.87. The molecule has 9 heteroatoms. The Kier molecular flexibility index (Phi) is 5.09. The minimum absolute atomic E-state index is 0.272. The SMILES string of the molecule is CN1CC(c2ccc(N3CCOCC3)nc2)=NC(=C2NN=C(c3ccccc3)O2)C1=N. The Morgan fingerprint density at radius 2 is 1.84 bits per heavy atom. The van der Waals surface area contributed by atoms with Gasteiger partial charge in [-0.3, -0.25) is 5.41 Å². The van der Waals surface area contributed by atoms with Crippen LogP contribution in [0.2, 0.25) is 0 Å². The number of aromatic nitrogens is 1. The average molecular weight is 417 g/mol. The lowest BCUT2D eigenvalue weighted by Gasteiger charge is -2.28. The van der Waals surface area contributed by atoms with Crippen LogP contribution in [0.3, 0.4) is 0 Å². The molecule has 158 valence electrons. The van der Waals surface area contributed by atoms with Crippen molar-refractivity contribution in [2.75, 3.05) is 44.8 Å². The summed E-state index contributed by atoms with van der Waals surface area (Å²) in [5.74, 6) is 2.02. The smallest absolute Gasteiger partial charge is 0.245 e. The predicted octanol–water partition coefficient (Wildman–Crippen LogP) is 1.78. The highest BCUT2D eigenvalue weighted by Gasteiger charge is 2.28. The summed E-state index contributed by atoms with van der Waals surface area (Å²) >= 11 is 0. The van der Waals surface area contributed by atoms with Crippen LogP contribution < -0.4 is 10.3 Å². The molecule has 1 aromatic heterocycles. The van der Waals surface area contributed by atoms with Gasteiger partial charge in [-0.2, -0.15) is 0 Å². The van der Waals surface area contributed by atoms with Crippen molar-refractivity contribution in [2.24, 2.45) is 10.1 Å². The lowest BCUT2D eigenvalue weighted by atomic mass is 10.1. The van der Waals surface area contributed by atoms with Crippen LogP contribution in [-0.4, -0.2) is 67.2 Å². The summed E-state index contributed by atoms with van der Waals surface area (Å²) in [5.41, 5.74) is 5.89. The lowest BCUT2D eigenvalue weighted by Crippen LogP contribution is -2.38. The Morgan fingerprint density at radius 1 is 1.03 bits per heavy atom. The number of hydrazone groups is 1. The first-order valence-electron chi connectivity index (χ1n) is 10.2. The molecule has 3 aliphatic heterocycles. The van der Waals surface area contributed by atoms with E-state index in [1.54, 1.807) is 0 Å². The molecule has 2 aromatic rings. The molecule has 0 amide bonds. The highest BCUT2D eigenvalue weighted by Crippen LogP contribution is 2.22. The van der Waals surface area contributed by atoms with Crippen LogP contribution >= 0.6 is 0 Å². The highest BCUT2D eigenvalue weighted by molar-refractivity contribution is 6.11. The fraction of sp³-hybridized carbons (Fsp3) is 0.273. The first kappa shape index (κ1) is 19.3. The maximum absolute atomic E-state index is 8.46. The molecule has 0 unspecified atom stereocenters. The van der Waals surface area contributed by atoms with Gasteiger partial charge in [0.05, 0.1) is 25.5 Å². The Balaban J connectivity index is 1.40. The maximum Gasteiger partial charge on any atom is 0.245 e. The zero-order chi connectivity index (χ0) is 21.2. The fourth-order valence-corrected chi connectivity index (χ4v) is 3.61. The van der Waals surface area contributed by atoms with Gasteiger partial charge in [-0.05, 0) is 24.3 Å². The first-order valence-corrected chi connectivity index (χ1v) is 10.2. The summed E-state index contributed by atoms with van der Waals surface area (Å²) < 4.78 is 11.3. The van der Waals surface area contributed by atoms with Crippen molar-refractivity contribution in [1.82, 2.24) is 15.3 Å². The summed E-state index contributed by atoms with van der Waals surface area (Å²) in [7, 11) is 1.86.